The van der Waals surface area contributed by atoms with Crippen molar-refractivity contribution in [1.82, 2.24) is 5.32 Å². The standard InChI is InChI=1S/C17H15FN2O3/c1-19-16(21)15-10-20(13-7-2-3-8-14(13)23-15)17(22)11-5-4-6-12(18)9-11/h2-9,15H,10H2,1H3,(H,19,21)/t15-/m0/s1. The Morgan fingerprint density at radius 3 is 2.74 bits per heavy atom. The summed E-state index contributed by atoms with van der Waals surface area (Å²) in [7, 11) is 1.50. The van der Waals surface area contributed by atoms with E-state index in [1.165, 1.54) is 30.1 Å². The van der Waals surface area contributed by atoms with Crippen LogP contribution in [0.3, 0.4) is 0 Å². The average molecular weight is 314 g/mol. The Bertz CT molecular complexity index is 763. The van der Waals surface area contributed by atoms with E-state index >= 15 is 0 Å². The highest BCUT2D eigenvalue weighted by Crippen LogP contribution is 2.34. The first-order valence-corrected chi connectivity index (χ1v) is 7.15. The molecule has 3 rings (SSSR count). The van der Waals surface area contributed by atoms with Gasteiger partial charge in [-0.1, -0.05) is 18.2 Å². The van der Waals surface area contributed by atoms with Crippen LogP contribution in [0.5, 0.6) is 5.75 Å². The predicted octanol–water partition coefficient (Wildman–Crippen LogP) is 1.98. The van der Waals surface area contributed by atoms with Gasteiger partial charge in [0.25, 0.3) is 11.8 Å². The van der Waals surface area contributed by atoms with Crippen LogP contribution in [0.2, 0.25) is 0 Å². The Hall–Kier alpha value is -2.89. The molecule has 0 saturated heterocycles. The highest BCUT2D eigenvalue weighted by atomic mass is 19.1. The number of benzene rings is 2. The quantitative estimate of drug-likeness (QED) is 0.922. The predicted molar refractivity (Wildman–Crippen MR) is 83.0 cm³/mol. The number of likely N-dealkylation sites (N-methyl/N-ethyl adjacent to an activating group) is 1. The second-order valence-electron chi connectivity index (χ2n) is 5.11. The maximum atomic E-state index is 13.4. The van der Waals surface area contributed by atoms with Crippen molar-refractivity contribution < 1.29 is 18.7 Å². The van der Waals surface area contributed by atoms with Gasteiger partial charge >= 0.3 is 0 Å². The van der Waals surface area contributed by atoms with Crippen LogP contribution in [0, 0.1) is 5.82 Å². The van der Waals surface area contributed by atoms with E-state index in [1.807, 2.05) is 0 Å². The molecule has 0 radical (unpaired) electrons. The molecular weight excluding hydrogens is 299 g/mol. The number of carbonyl (C=O) groups is 2. The molecular formula is C17H15FN2O3. The van der Waals surface area contributed by atoms with Crippen LogP contribution in [-0.2, 0) is 4.79 Å². The number of nitrogens with zero attached hydrogens (tertiary/aromatic N) is 1. The van der Waals surface area contributed by atoms with Gasteiger partial charge in [-0.3, -0.25) is 9.59 Å². The van der Waals surface area contributed by atoms with Gasteiger partial charge in [0.1, 0.15) is 11.6 Å². The lowest BCUT2D eigenvalue weighted by atomic mass is 10.1. The van der Waals surface area contributed by atoms with Crippen molar-refractivity contribution in [2.75, 3.05) is 18.5 Å². The Balaban J connectivity index is 1.99. The average Bonchev–Trinajstić information content (AvgIpc) is 2.59. The van der Waals surface area contributed by atoms with E-state index in [-0.39, 0.29) is 23.9 Å². The Kier molecular flexibility index (Phi) is 3.97. The fourth-order valence-electron chi connectivity index (χ4n) is 2.50. The summed E-state index contributed by atoms with van der Waals surface area (Å²) in [5.41, 5.74) is 0.777. The van der Waals surface area contributed by atoms with Crippen molar-refractivity contribution in [2.24, 2.45) is 0 Å². The van der Waals surface area contributed by atoms with Gasteiger partial charge in [-0.25, -0.2) is 4.39 Å². The van der Waals surface area contributed by atoms with Gasteiger partial charge in [-0.2, -0.15) is 0 Å². The zero-order valence-corrected chi connectivity index (χ0v) is 12.5. The van der Waals surface area contributed by atoms with Crippen molar-refractivity contribution in [1.29, 1.82) is 0 Å². The van der Waals surface area contributed by atoms with E-state index < -0.39 is 11.9 Å². The second-order valence-corrected chi connectivity index (χ2v) is 5.11. The summed E-state index contributed by atoms with van der Waals surface area (Å²) in [5, 5.41) is 2.51. The highest BCUT2D eigenvalue weighted by molar-refractivity contribution is 6.07. The van der Waals surface area contributed by atoms with Crippen molar-refractivity contribution in [3.8, 4) is 5.75 Å². The number of fused-ring (bicyclic) bond motifs is 1. The Morgan fingerprint density at radius 1 is 1.22 bits per heavy atom. The van der Waals surface area contributed by atoms with Gasteiger partial charge in [0.15, 0.2) is 6.10 Å². The third-order valence-corrected chi connectivity index (χ3v) is 3.63. The largest absolute Gasteiger partial charge is 0.477 e. The second kappa shape index (κ2) is 6.08. The van der Waals surface area contributed by atoms with Gasteiger partial charge < -0.3 is 15.0 Å². The molecule has 1 aliphatic rings. The normalized spacial score (nSPS) is 16.3. The van der Waals surface area contributed by atoms with Crippen LogP contribution in [-0.4, -0.2) is 31.5 Å². The summed E-state index contributed by atoms with van der Waals surface area (Å²) < 4.78 is 19.0. The van der Waals surface area contributed by atoms with Crippen LogP contribution in [0.4, 0.5) is 10.1 Å². The molecule has 1 atom stereocenters. The minimum atomic E-state index is -0.813. The molecule has 0 unspecified atom stereocenters. The fraction of sp³-hybridized carbons (Fsp3) is 0.176. The van der Waals surface area contributed by atoms with Gasteiger partial charge in [0.05, 0.1) is 12.2 Å². The highest BCUT2D eigenvalue weighted by Gasteiger charge is 2.33. The maximum absolute atomic E-state index is 13.4. The molecule has 5 nitrogen and oxygen atoms in total. The summed E-state index contributed by atoms with van der Waals surface area (Å²) >= 11 is 0. The van der Waals surface area contributed by atoms with Gasteiger partial charge in [0, 0.05) is 12.6 Å². The number of halogens is 1. The van der Waals surface area contributed by atoms with Crippen LogP contribution >= 0.6 is 0 Å². The summed E-state index contributed by atoms with van der Waals surface area (Å²) in [6.07, 6.45) is -0.813. The van der Waals surface area contributed by atoms with Crippen molar-refractivity contribution in [3.05, 3.63) is 59.9 Å². The SMILES string of the molecule is CNC(=O)[C@@H]1CN(C(=O)c2cccc(F)c2)c2ccccc2O1. The number of anilines is 1. The lowest BCUT2D eigenvalue weighted by molar-refractivity contribution is -0.127. The van der Waals surface area contributed by atoms with E-state index in [9.17, 15) is 14.0 Å². The summed E-state index contributed by atoms with van der Waals surface area (Å²) in [5.74, 6) is -0.747. The molecule has 2 aromatic rings. The number of carbonyl (C=O) groups excluding carboxylic acids is 2. The summed E-state index contributed by atoms with van der Waals surface area (Å²) in [4.78, 5) is 26.1. The van der Waals surface area contributed by atoms with Crippen molar-refractivity contribution >= 4 is 17.5 Å². The van der Waals surface area contributed by atoms with Crippen LogP contribution in [0.1, 0.15) is 10.4 Å². The minimum absolute atomic E-state index is 0.0615. The third-order valence-electron chi connectivity index (χ3n) is 3.63. The number of nitrogens with one attached hydrogen (secondary N) is 1. The van der Waals surface area contributed by atoms with Crippen molar-refractivity contribution in [3.63, 3.8) is 0 Å². The van der Waals surface area contributed by atoms with Crippen molar-refractivity contribution in [2.45, 2.75) is 6.10 Å². The first kappa shape index (κ1) is 15.0. The molecule has 0 bridgehead atoms. The summed E-state index contributed by atoms with van der Waals surface area (Å²) in [6.45, 7) is 0.0615. The van der Waals surface area contributed by atoms with Gasteiger partial charge in [-0.05, 0) is 30.3 Å². The topological polar surface area (TPSA) is 58.6 Å². The number of rotatable bonds is 2. The minimum Gasteiger partial charge on any atom is -0.477 e. The molecule has 2 aromatic carbocycles. The van der Waals surface area contributed by atoms with Crippen LogP contribution < -0.4 is 15.0 Å². The molecule has 6 heteroatoms. The van der Waals surface area contributed by atoms with E-state index in [0.29, 0.717) is 11.4 Å². The van der Waals surface area contributed by atoms with E-state index in [4.69, 9.17) is 4.74 Å². The number of ether oxygens (including phenoxy) is 1. The number of hydrogen-bond donors (Lipinski definition) is 1. The molecule has 0 aromatic heterocycles. The zero-order chi connectivity index (χ0) is 16.4. The molecule has 23 heavy (non-hydrogen) atoms. The third kappa shape index (κ3) is 2.88. The molecule has 0 spiro atoms. The van der Waals surface area contributed by atoms with E-state index in [0.717, 1.165) is 0 Å². The molecule has 0 aliphatic carbocycles. The number of amides is 2. The zero-order valence-electron chi connectivity index (χ0n) is 12.5. The first-order valence-electron chi connectivity index (χ1n) is 7.15. The Labute approximate surface area is 132 Å². The molecule has 1 aliphatic heterocycles. The molecule has 2 amide bonds. The van der Waals surface area contributed by atoms with Gasteiger partial charge in [0.2, 0.25) is 0 Å². The Morgan fingerprint density at radius 2 is 2.00 bits per heavy atom. The molecule has 1 heterocycles. The molecule has 118 valence electrons. The van der Waals surface area contributed by atoms with Crippen LogP contribution in [0.25, 0.3) is 0 Å². The smallest absolute Gasteiger partial charge is 0.262 e. The lowest BCUT2D eigenvalue weighted by Gasteiger charge is -2.34. The number of para-hydroxylation sites is 2. The maximum Gasteiger partial charge on any atom is 0.262 e. The monoisotopic (exact) mass is 314 g/mol. The lowest BCUT2D eigenvalue weighted by Crippen LogP contribution is -2.50. The van der Waals surface area contributed by atoms with Crippen LogP contribution in [0.15, 0.2) is 48.5 Å². The van der Waals surface area contributed by atoms with Gasteiger partial charge in [-0.15, -0.1) is 0 Å². The number of hydrogen-bond acceptors (Lipinski definition) is 3. The fourth-order valence-corrected chi connectivity index (χ4v) is 2.50. The first-order chi connectivity index (χ1) is 11.1. The van der Waals surface area contributed by atoms with E-state index in [2.05, 4.69) is 5.32 Å². The molecule has 0 saturated carbocycles. The summed E-state index contributed by atoms with van der Waals surface area (Å²) in [6, 6.07) is 12.4. The molecule has 1 N–H and O–H groups in total. The van der Waals surface area contributed by atoms with E-state index in [1.54, 1.807) is 30.3 Å². The molecule has 0 fully saturated rings.